The average Bonchev–Trinajstić information content (AvgIpc) is 3.53. The number of aryl methyl sites for hydroxylation is 1. The fourth-order valence-corrected chi connectivity index (χ4v) is 7.11. The van der Waals surface area contributed by atoms with Gasteiger partial charge in [0.2, 0.25) is 5.91 Å². The number of phosphoric acid groups is 3. The van der Waals surface area contributed by atoms with Gasteiger partial charge in [-0.25, -0.2) is 28.6 Å². The maximum absolute atomic E-state index is 12.6. The maximum atomic E-state index is 12.6. The normalized spacial score (nSPS) is 23.7. The standard InChI is InChI=1S/C25H43N6O16P3/c1-14(30-46-24(3,4)5)8-9-26-22(34)20(33)25(6,7)11-43-50(40,41)47-49(38,39)42-10-16-19(45-48(35,36)37)18(32)23(44-16)31-13-29-17-15(2)27-12-28-21(17)31/h12-13,16,18-20,23,32-33H,8-11H2,1-7H3,(H,26,34)(H,38,39)(H,40,41)(H2,35,36,37)/b30-14+/t16?,18?,19?,20-,23?/m1/s1. The Bertz CT molecular complexity index is 1680. The first-order valence-corrected chi connectivity index (χ1v) is 19.4. The van der Waals surface area contributed by atoms with E-state index in [1.807, 2.05) is 20.8 Å². The van der Waals surface area contributed by atoms with E-state index in [4.69, 9.17) is 18.6 Å². The summed E-state index contributed by atoms with van der Waals surface area (Å²) in [6.07, 6.45) is -5.85. The molecule has 0 bridgehead atoms. The number of nitrogens with one attached hydrogen (secondary N) is 1. The monoisotopic (exact) mass is 776 g/mol. The molecule has 3 rings (SSSR count). The summed E-state index contributed by atoms with van der Waals surface area (Å²) in [4.78, 5) is 69.1. The lowest BCUT2D eigenvalue weighted by molar-refractivity contribution is -0.136. The van der Waals surface area contributed by atoms with Gasteiger partial charge in [-0.2, -0.15) is 4.31 Å². The molecular formula is C25H43N6O16P3. The molecule has 284 valence electrons. The van der Waals surface area contributed by atoms with Crippen LogP contribution in [0.15, 0.2) is 17.8 Å². The highest BCUT2D eigenvalue weighted by molar-refractivity contribution is 7.61. The van der Waals surface area contributed by atoms with Crippen LogP contribution in [0.25, 0.3) is 11.2 Å². The molecular weight excluding hydrogens is 733 g/mol. The van der Waals surface area contributed by atoms with Gasteiger partial charge in [-0.15, -0.1) is 0 Å². The van der Waals surface area contributed by atoms with Crippen LogP contribution >= 0.6 is 23.5 Å². The van der Waals surface area contributed by atoms with Crippen LogP contribution in [0.5, 0.6) is 0 Å². The quantitative estimate of drug-likeness (QED) is 0.0674. The predicted molar refractivity (Wildman–Crippen MR) is 171 cm³/mol. The van der Waals surface area contributed by atoms with Crippen molar-refractivity contribution >= 4 is 46.3 Å². The zero-order chi connectivity index (χ0) is 37.9. The molecule has 0 saturated carbocycles. The molecule has 3 heterocycles. The highest BCUT2D eigenvalue weighted by atomic mass is 31.3. The molecule has 0 aromatic carbocycles. The van der Waals surface area contributed by atoms with Crippen molar-refractivity contribution in [1.82, 2.24) is 24.8 Å². The summed E-state index contributed by atoms with van der Waals surface area (Å²) < 4.78 is 62.3. The minimum Gasteiger partial charge on any atom is -0.390 e. The van der Waals surface area contributed by atoms with Gasteiger partial charge in [0.1, 0.15) is 41.9 Å². The zero-order valence-electron chi connectivity index (χ0n) is 28.2. The fraction of sp³-hybridized carbons (Fsp3) is 0.720. The number of aromatic nitrogens is 4. The number of hydrogen-bond acceptors (Lipinski definition) is 16. The van der Waals surface area contributed by atoms with Crippen molar-refractivity contribution in [1.29, 1.82) is 0 Å². The number of carbonyl (C=O) groups is 1. The van der Waals surface area contributed by atoms with Crippen LogP contribution < -0.4 is 5.32 Å². The van der Waals surface area contributed by atoms with E-state index in [1.165, 1.54) is 31.1 Å². The van der Waals surface area contributed by atoms with Gasteiger partial charge in [0, 0.05) is 18.4 Å². The Kier molecular flexibility index (Phi) is 13.6. The third-order valence-electron chi connectivity index (χ3n) is 6.84. The molecule has 0 spiro atoms. The number of fused-ring (bicyclic) bond motifs is 1. The van der Waals surface area contributed by atoms with Crippen LogP contribution in [-0.2, 0) is 45.9 Å². The van der Waals surface area contributed by atoms with Crippen LogP contribution in [0.3, 0.4) is 0 Å². The van der Waals surface area contributed by atoms with Crippen LogP contribution in [0.1, 0.15) is 59.9 Å². The van der Waals surface area contributed by atoms with E-state index >= 15 is 0 Å². The molecule has 6 unspecified atom stereocenters. The molecule has 7 atom stereocenters. The SMILES string of the molecule is C/C(CCNC(=O)[C@@H](O)C(C)(C)COP(=O)(O)OP(=O)(O)OCC1OC(n2cnc3c(C)ncnc32)C(O)C1OP(=O)(O)O)=N\OC(C)(C)C. The Hall–Kier alpha value is -2.26. The van der Waals surface area contributed by atoms with Crippen LogP contribution in [0, 0.1) is 12.3 Å². The first-order valence-electron chi connectivity index (χ1n) is 14.9. The first-order chi connectivity index (χ1) is 22.8. The zero-order valence-corrected chi connectivity index (χ0v) is 30.9. The Balaban J connectivity index is 1.59. The fourth-order valence-electron chi connectivity index (χ4n) is 4.28. The number of carbonyl (C=O) groups excluding carboxylic acids is 1. The second-order valence-corrected chi connectivity index (χ2v) is 17.2. The third-order valence-corrected chi connectivity index (χ3v) is 9.94. The lowest BCUT2D eigenvalue weighted by Gasteiger charge is -2.30. The number of nitrogens with zero attached hydrogens (tertiary/aromatic N) is 5. The van der Waals surface area contributed by atoms with Gasteiger partial charge in [0.15, 0.2) is 11.9 Å². The summed E-state index contributed by atoms with van der Waals surface area (Å²) >= 11 is 0. The summed E-state index contributed by atoms with van der Waals surface area (Å²) in [5, 5.41) is 27.9. The number of imidazole rings is 1. The van der Waals surface area contributed by atoms with Crippen molar-refractivity contribution < 1.29 is 75.7 Å². The van der Waals surface area contributed by atoms with Crippen LogP contribution in [0.2, 0.25) is 0 Å². The van der Waals surface area contributed by atoms with E-state index in [2.05, 4.69) is 34.3 Å². The molecule has 1 amide bonds. The minimum atomic E-state index is -5.51. The molecule has 0 aliphatic carbocycles. The van der Waals surface area contributed by atoms with Crippen molar-refractivity contribution in [2.24, 2.45) is 10.6 Å². The lowest BCUT2D eigenvalue weighted by Crippen LogP contribution is -2.46. The minimum absolute atomic E-state index is 0.0811. The van der Waals surface area contributed by atoms with Crippen molar-refractivity contribution in [2.45, 2.75) is 91.1 Å². The number of phosphoric ester groups is 3. The van der Waals surface area contributed by atoms with Crippen LogP contribution in [0.4, 0.5) is 0 Å². The molecule has 25 heteroatoms. The topological polar surface area (TPSA) is 313 Å². The van der Waals surface area contributed by atoms with Gasteiger partial charge >= 0.3 is 23.5 Å². The van der Waals surface area contributed by atoms with E-state index in [0.717, 1.165) is 0 Å². The lowest BCUT2D eigenvalue weighted by atomic mass is 9.87. The Morgan fingerprint density at radius 3 is 2.34 bits per heavy atom. The first kappa shape index (κ1) is 42.2. The maximum Gasteiger partial charge on any atom is 0.481 e. The largest absolute Gasteiger partial charge is 0.481 e. The molecule has 1 aliphatic rings. The summed E-state index contributed by atoms with van der Waals surface area (Å²) in [5.74, 6) is -0.844. The third kappa shape index (κ3) is 12.2. The van der Waals surface area contributed by atoms with Crippen molar-refractivity contribution in [3.8, 4) is 0 Å². The van der Waals surface area contributed by atoms with Gasteiger partial charge in [-0.3, -0.25) is 22.9 Å². The van der Waals surface area contributed by atoms with E-state index in [1.54, 1.807) is 13.8 Å². The van der Waals surface area contributed by atoms with Gasteiger partial charge in [0.25, 0.3) is 0 Å². The molecule has 7 N–H and O–H groups in total. The summed E-state index contributed by atoms with van der Waals surface area (Å²) in [6, 6.07) is 0. The van der Waals surface area contributed by atoms with E-state index in [0.29, 0.717) is 23.3 Å². The highest BCUT2D eigenvalue weighted by Gasteiger charge is 2.50. The van der Waals surface area contributed by atoms with E-state index in [-0.39, 0.29) is 12.2 Å². The molecule has 2 aromatic heterocycles. The molecule has 1 saturated heterocycles. The number of rotatable bonds is 17. The van der Waals surface area contributed by atoms with Crippen molar-refractivity contribution in [3.05, 3.63) is 18.3 Å². The Morgan fingerprint density at radius 2 is 1.72 bits per heavy atom. The molecule has 2 aromatic rings. The number of aliphatic hydroxyl groups is 2. The van der Waals surface area contributed by atoms with Crippen molar-refractivity contribution in [2.75, 3.05) is 19.8 Å². The predicted octanol–water partition coefficient (Wildman–Crippen LogP) is 1.21. The summed E-state index contributed by atoms with van der Waals surface area (Å²) in [6.45, 7) is 9.57. The van der Waals surface area contributed by atoms with Crippen molar-refractivity contribution in [3.63, 3.8) is 0 Å². The van der Waals surface area contributed by atoms with E-state index in [9.17, 15) is 48.3 Å². The highest BCUT2D eigenvalue weighted by Crippen LogP contribution is 2.61. The molecule has 22 nitrogen and oxygen atoms in total. The second kappa shape index (κ2) is 16.2. The van der Waals surface area contributed by atoms with Crippen LogP contribution in [-0.4, -0.2) is 111 Å². The Labute approximate surface area is 286 Å². The van der Waals surface area contributed by atoms with Gasteiger partial charge in [0.05, 0.1) is 30.9 Å². The number of amides is 1. The van der Waals surface area contributed by atoms with E-state index < -0.39 is 84.2 Å². The Morgan fingerprint density at radius 1 is 1.08 bits per heavy atom. The number of ether oxygens (including phenoxy) is 1. The molecule has 1 fully saturated rings. The number of oxime groups is 1. The molecule has 1 aliphatic heterocycles. The smallest absolute Gasteiger partial charge is 0.390 e. The number of hydrogen-bond donors (Lipinski definition) is 7. The summed E-state index contributed by atoms with van der Waals surface area (Å²) in [7, 11) is -16.2. The van der Waals surface area contributed by atoms with Gasteiger partial charge < -0.3 is 44.7 Å². The molecule has 0 radical (unpaired) electrons. The second-order valence-electron chi connectivity index (χ2n) is 12.9. The molecule has 50 heavy (non-hydrogen) atoms. The van der Waals surface area contributed by atoms with Gasteiger partial charge in [-0.05, 0) is 34.6 Å². The number of aliphatic hydroxyl groups excluding tert-OH is 2. The van der Waals surface area contributed by atoms with Gasteiger partial charge in [-0.1, -0.05) is 19.0 Å². The summed E-state index contributed by atoms with van der Waals surface area (Å²) in [5.41, 5.74) is -0.498. The average molecular weight is 777 g/mol.